The van der Waals surface area contributed by atoms with Crippen molar-refractivity contribution in [3.05, 3.63) is 59.4 Å². The lowest BCUT2D eigenvalue weighted by molar-refractivity contribution is -0.0359. The Bertz CT molecular complexity index is 867. The average molecular weight is 405 g/mol. The van der Waals surface area contributed by atoms with E-state index in [1.807, 2.05) is 43.6 Å². The van der Waals surface area contributed by atoms with Gasteiger partial charge in [-0.2, -0.15) is 0 Å². The first-order chi connectivity index (χ1) is 14.7. The van der Waals surface area contributed by atoms with Crippen molar-refractivity contribution in [2.75, 3.05) is 11.9 Å². The standard InChI is InChI=1S/C26H32N2O2/c1-2-30-26(29)21-4-3-20(25(15-21)28-16-17-5-7-27-8-6-17)14-24-22-10-18-9-19(12-22)13-23(24)11-18/h3-8,15,18-19,22-24,28H,2,9-14,16H2,1H3. The number of carbonyl (C=O) groups is 1. The third kappa shape index (κ3) is 3.97. The maximum absolute atomic E-state index is 12.3. The van der Waals surface area contributed by atoms with E-state index in [9.17, 15) is 4.79 Å². The molecule has 30 heavy (non-hydrogen) atoms. The Balaban J connectivity index is 1.38. The molecule has 1 heterocycles. The van der Waals surface area contributed by atoms with Gasteiger partial charge >= 0.3 is 5.97 Å². The lowest BCUT2D eigenvalue weighted by Gasteiger charge is -2.54. The zero-order valence-electron chi connectivity index (χ0n) is 17.8. The number of nitrogens with zero attached hydrogens (tertiary/aromatic N) is 1. The Morgan fingerprint density at radius 3 is 2.40 bits per heavy atom. The molecule has 4 aliphatic carbocycles. The highest BCUT2D eigenvalue weighted by molar-refractivity contribution is 5.90. The highest BCUT2D eigenvalue weighted by Gasteiger charge is 2.47. The number of benzene rings is 1. The van der Waals surface area contributed by atoms with Gasteiger partial charge in [0.2, 0.25) is 0 Å². The number of pyridine rings is 1. The van der Waals surface area contributed by atoms with Crippen LogP contribution in [0.2, 0.25) is 0 Å². The first kappa shape index (κ1) is 19.6. The van der Waals surface area contributed by atoms with Crippen molar-refractivity contribution in [3.8, 4) is 0 Å². The topological polar surface area (TPSA) is 51.2 Å². The van der Waals surface area contributed by atoms with E-state index >= 15 is 0 Å². The van der Waals surface area contributed by atoms with Crippen LogP contribution in [0.15, 0.2) is 42.7 Å². The average Bonchev–Trinajstić information content (AvgIpc) is 2.75. The molecule has 4 aliphatic rings. The number of anilines is 1. The Hall–Kier alpha value is -2.36. The molecule has 0 unspecified atom stereocenters. The minimum absolute atomic E-state index is 0.245. The van der Waals surface area contributed by atoms with Gasteiger partial charge in [-0.3, -0.25) is 4.98 Å². The molecule has 4 fully saturated rings. The van der Waals surface area contributed by atoms with Crippen molar-refractivity contribution < 1.29 is 9.53 Å². The highest BCUT2D eigenvalue weighted by Crippen LogP contribution is 2.57. The van der Waals surface area contributed by atoms with Crippen LogP contribution in [-0.2, 0) is 17.7 Å². The zero-order chi connectivity index (χ0) is 20.5. The molecule has 6 rings (SSSR count). The molecule has 4 nitrogen and oxygen atoms in total. The monoisotopic (exact) mass is 404 g/mol. The molecule has 0 radical (unpaired) electrons. The normalized spacial score (nSPS) is 29.0. The molecule has 0 spiro atoms. The molecular formula is C26H32N2O2. The van der Waals surface area contributed by atoms with Crippen LogP contribution in [0.25, 0.3) is 0 Å². The third-order valence-electron chi connectivity index (χ3n) is 7.73. The van der Waals surface area contributed by atoms with Crippen LogP contribution in [0.4, 0.5) is 5.69 Å². The van der Waals surface area contributed by atoms with Gasteiger partial charge < -0.3 is 10.1 Å². The number of esters is 1. The molecule has 0 amide bonds. The summed E-state index contributed by atoms with van der Waals surface area (Å²) in [4.78, 5) is 16.4. The molecule has 4 saturated carbocycles. The number of hydrogen-bond donors (Lipinski definition) is 1. The zero-order valence-corrected chi connectivity index (χ0v) is 17.8. The lowest BCUT2D eigenvalue weighted by Crippen LogP contribution is -2.45. The van der Waals surface area contributed by atoms with Crippen LogP contribution in [0.3, 0.4) is 0 Å². The Kier molecular flexibility index (Phi) is 5.49. The van der Waals surface area contributed by atoms with E-state index in [0.717, 1.165) is 48.2 Å². The minimum Gasteiger partial charge on any atom is -0.462 e. The fourth-order valence-corrected chi connectivity index (χ4v) is 6.58. The summed E-state index contributed by atoms with van der Waals surface area (Å²) in [6.45, 7) is 2.97. The van der Waals surface area contributed by atoms with Gasteiger partial charge in [0.05, 0.1) is 12.2 Å². The van der Waals surface area contributed by atoms with Crippen LogP contribution >= 0.6 is 0 Å². The quantitative estimate of drug-likeness (QED) is 0.621. The summed E-state index contributed by atoms with van der Waals surface area (Å²) < 4.78 is 5.24. The van der Waals surface area contributed by atoms with Crippen LogP contribution in [0, 0.1) is 29.6 Å². The molecule has 1 N–H and O–H groups in total. The summed E-state index contributed by atoms with van der Waals surface area (Å²) in [6, 6.07) is 10.1. The van der Waals surface area contributed by atoms with Gasteiger partial charge in [0.1, 0.15) is 0 Å². The predicted octanol–water partition coefficient (Wildman–Crippen LogP) is 5.49. The molecule has 1 aromatic carbocycles. The summed E-state index contributed by atoms with van der Waals surface area (Å²) >= 11 is 0. The first-order valence-corrected chi connectivity index (χ1v) is 11.6. The van der Waals surface area contributed by atoms with Crippen LogP contribution < -0.4 is 5.32 Å². The van der Waals surface area contributed by atoms with E-state index in [2.05, 4.69) is 16.4 Å². The fourth-order valence-electron chi connectivity index (χ4n) is 6.58. The number of carbonyl (C=O) groups excluding carboxylic acids is 1. The van der Waals surface area contributed by atoms with Crippen molar-refractivity contribution in [2.45, 2.75) is 52.0 Å². The van der Waals surface area contributed by atoms with E-state index in [4.69, 9.17) is 4.74 Å². The second-order valence-corrected chi connectivity index (χ2v) is 9.60. The summed E-state index contributed by atoms with van der Waals surface area (Å²) in [7, 11) is 0. The molecule has 0 atom stereocenters. The summed E-state index contributed by atoms with van der Waals surface area (Å²) in [5.74, 6) is 4.36. The SMILES string of the molecule is CCOC(=O)c1ccc(CC2C3CC4CC(C3)CC2C4)c(NCc2ccncc2)c1. The maximum atomic E-state index is 12.3. The smallest absolute Gasteiger partial charge is 0.338 e. The number of ether oxygens (including phenoxy) is 1. The van der Waals surface area contributed by atoms with Crippen LogP contribution in [0.1, 0.15) is 60.5 Å². The number of hydrogen-bond acceptors (Lipinski definition) is 4. The van der Waals surface area contributed by atoms with Gasteiger partial charge in [-0.05, 0) is 110 Å². The Morgan fingerprint density at radius 2 is 1.73 bits per heavy atom. The van der Waals surface area contributed by atoms with Gasteiger partial charge in [0, 0.05) is 24.6 Å². The Labute approximate surface area is 179 Å². The van der Waals surface area contributed by atoms with Crippen molar-refractivity contribution >= 4 is 11.7 Å². The molecule has 158 valence electrons. The molecule has 2 aromatic rings. The van der Waals surface area contributed by atoms with Crippen molar-refractivity contribution in [2.24, 2.45) is 29.6 Å². The summed E-state index contributed by atoms with van der Waals surface area (Å²) in [6.07, 6.45) is 12.0. The summed E-state index contributed by atoms with van der Waals surface area (Å²) in [5.41, 5.74) is 4.23. The molecule has 0 saturated heterocycles. The van der Waals surface area contributed by atoms with Crippen molar-refractivity contribution in [1.82, 2.24) is 4.98 Å². The van der Waals surface area contributed by atoms with Crippen LogP contribution in [0.5, 0.6) is 0 Å². The third-order valence-corrected chi connectivity index (χ3v) is 7.73. The highest BCUT2D eigenvalue weighted by atomic mass is 16.5. The van der Waals surface area contributed by atoms with Gasteiger partial charge in [-0.15, -0.1) is 0 Å². The van der Waals surface area contributed by atoms with Gasteiger partial charge in [-0.1, -0.05) is 6.07 Å². The predicted molar refractivity (Wildman–Crippen MR) is 118 cm³/mol. The van der Waals surface area contributed by atoms with Gasteiger partial charge in [-0.25, -0.2) is 4.79 Å². The molecule has 4 heteroatoms. The van der Waals surface area contributed by atoms with Gasteiger partial charge in [0.15, 0.2) is 0 Å². The van der Waals surface area contributed by atoms with E-state index in [1.54, 1.807) is 0 Å². The largest absolute Gasteiger partial charge is 0.462 e. The lowest BCUT2D eigenvalue weighted by atomic mass is 9.51. The van der Waals surface area contributed by atoms with Crippen molar-refractivity contribution in [3.63, 3.8) is 0 Å². The molecular weight excluding hydrogens is 372 g/mol. The Morgan fingerprint density at radius 1 is 1.03 bits per heavy atom. The number of aromatic nitrogens is 1. The first-order valence-electron chi connectivity index (χ1n) is 11.6. The van der Waals surface area contributed by atoms with Crippen molar-refractivity contribution in [1.29, 1.82) is 0 Å². The second-order valence-electron chi connectivity index (χ2n) is 9.60. The van der Waals surface area contributed by atoms with E-state index in [1.165, 1.54) is 43.2 Å². The molecule has 0 aliphatic heterocycles. The van der Waals surface area contributed by atoms with Crippen LogP contribution in [-0.4, -0.2) is 17.6 Å². The minimum atomic E-state index is -0.245. The van der Waals surface area contributed by atoms with E-state index in [-0.39, 0.29) is 5.97 Å². The molecule has 4 bridgehead atoms. The number of rotatable bonds is 7. The maximum Gasteiger partial charge on any atom is 0.338 e. The fraction of sp³-hybridized carbons (Fsp3) is 0.538. The second kappa shape index (κ2) is 8.41. The molecule has 1 aromatic heterocycles. The van der Waals surface area contributed by atoms with E-state index in [0.29, 0.717) is 12.2 Å². The summed E-state index contributed by atoms with van der Waals surface area (Å²) in [5, 5.41) is 3.60. The van der Waals surface area contributed by atoms with E-state index < -0.39 is 0 Å². The van der Waals surface area contributed by atoms with Gasteiger partial charge in [0.25, 0.3) is 0 Å². The number of nitrogens with one attached hydrogen (secondary N) is 1.